The first-order chi connectivity index (χ1) is 8.40. The third-order valence-electron chi connectivity index (χ3n) is 2.57. The third kappa shape index (κ3) is 2.04. The van der Waals surface area contributed by atoms with E-state index in [0.717, 1.165) is 11.4 Å². The van der Waals surface area contributed by atoms with Crippen molar-refractivity contribution >= 4 is 23.2 Å². The fraction of sp³-hybridized carbons (Fsp3) is 0.167. The third-order valence-corrected chi connectivity index (χ3v) is 2.86. The molecule has 4 N–H and O–H groups in total. The number of hydrogen-bond donors (Lipinski definition) is 2. The van der Waals surface area contributed by atoms with Gasteiger partial charge in [-0.2, -0.15) is 5.10 Å². The number of hydrogen-bond acceptors (Lipinski definition) is 3. The maximum atomic E-state index is 11.5. The van der Waals surface area contributed by atoms with Gasteiger partial charge in [0, 0.05) is 11.4 Å². The van der Waals surface area contributed by atoms with Crippen molar-refractivity contribution in [1.29, 1.82) is 0 Å². The Balaban J connectivity index is 2.77. The number of primary amides is 1. The lowest BCUT2D eigenvalue weighted by Gasteiger charge is -2.12. The summed E-state index contributed by atoms with van der Waals surface area (Å²) in [6.07, 6.45) is 0. The normalized spacial score (nSPS) is 10.6. The van der Waals surface area contributed by atoms with Crippen molar-refractivity contribution in [3.05, 3.63) is 40.2 Å². The summed E-state index contributed by atoms with van der Waals surface area (Å²) in [6.45, 7) is 3.73. The molecule has 6 heteroatoms. The Morgan fingerprint density at radius 1 is 1.33 bits per heavy atom. The summed E-state index contributed by atoms with van der Waals surface area (Å²) in [5.74, 6) is -0.591. The zero-order valence-electron chi connectivity index (χ0n) is 10.1. The van der Waals surface area contributed by atoms with Gasteiger partial charge in [0.2, 0.25) is 0 Å². The molecular weight excluding hydrogens is 252 g/mol. The molecule has 0 unspecified atom stereocenters. The van der Waals surface area contributed by atoms with E-state index in [2.05, 4.69) is 5.10 Å². The number of nitrogen functional groups attached to an aromatic ring is 1. The smallest absolute Gasteiger partial charge is 0.251 e. The largest absolute Gasteiger partial charge is 0.399 e. The number of nitrogens with two attached hydrogens (primary N) is 2. The molecule has 0 bridgehead atoms. The van der Waals surface area contributed by atoms with Crippen molar-refractivity contribution in [2.45, 2.75) is 13.8 Å². The number of benzene rings is 1. The van der Waals surface area contributed by atoms with Gasteiger partial charge in [0.05, 0.1) is 22.0 Å². The van der Waals surface area contributed by atoms with Crippen LogP contribution in [-0.2, 0) is 0 Å². The standard InChI is InChI=1S/C12H13ClN4O/c1-6-3-7(2)17(16-6)11-9(12(15)18)4-8(14)5-10(11)13/h3-5H,14H2,1-2H3,(H2,15,18). The molecule has 0 aliphatic carbocycles. The number of rotatable bonds is 2. The fourth-order valence-corrected chi connectivity index (χ4v) is 2.19. The highest BCUT2D eigenvalue weighted by Gasteiger charge is 2.17. The molecule has 94 valence electrons. The molecule has 0 fully saturated rings. The molecule has 0 spiro atoms. The summed E-state index contributed by atoms with van der Waals surface area (Å²) >= 11 is 6.15. The van der Waals surface area contributed by atoms with Crippen LogP contribution in [0.3, 0.4) is 0 Å². The molecule has 2 rings (SSSR count). The summed E-state index contributed by atoms with van der Waals surface area (Å²) < 4.78 is 1.59. The van der Waals surface area contributed by atoms with Gasteiger partial charge in [-0.25, -0.2) is 4.68 Å². The van der Waals surface area contributed by atoms with Crippen LogP contribution in [0, 0.1) is 13.8 Å². The molecule has 0 atom stereocenters. The van der Waals surface area contributed by atoms with Crippen molar-refractivity contribution in [1.82, 2.24) is 9.78 Å². The van der Waals surface area contributed by atoms with Crippen LogP contribution in [0.25, 0.3) is 5.69 Å². The average Bonchev–Trinajstić information content (AvgIpc) is 2.56. The monoisotopic (exact) mass is 264 g/mol. The Morgan fingerprint density at radius 3 is 2.50 bits per heavy atom. The van der Waals surface area contributed by atoms with E-state index < -0.39 is 5.91 Å². The highest BCUT2D eigenvalue weighted by molar-refractivity contribution is 6.33. The molecule has 1 aromatic carbocycles. The second-order valence-electron chi connectivity index (χ2n) is 4.10. The van der Waals surface area contributed by atoms with Gasteiger partial charge in [-0.1, -0.05) is 11.6 Å². The minimum Gasteiger partial charge on any atom is -0.399 e. The SMILES string of the molecule is Cc1cc(C)n(-c2c(Cl)cc(N)cc2C(N)=O)n1. The number of anilines is 1. The summed E-state index contributed by atoms with van der Waals surface area (Å²) in [5, 5.41) is 4.64. The minimum atomic E-state index is -0.591. The number of amides is 1. The summed E-state index contributed by atoms with van der Waals surface area (Å²) in [4.78, 5) is 11.5. The Morgan fingerprint density at radius 2 is 2.00 bits per heavy atom. The molecule has 0 saturated carbocycles. The van der Waals surface area contributed by atoms with E-state index in [-0.39, 0.29) is 5.56 Å². The predicted molar refractivity (Wildman–Crippen MR) is 71.0 cm³/mol. The molecule has 1 aromatic heterocycles. The first-order valence-corrected chi connectivity index (χ1v) is 5.70. The number of aryl methyl sites for hydroxylation is 2. The van der Waals surface area contributed by atoms with Crippen molar-refractivity contribution in [3.63, 3.8) is 0 Å². The molecule has 0 aliphatic heterocycles. The maximum Gasteiger partial charge on any atom is 0.251 e. The lowest BCUT2D eigenvalue weighted by atomic mass is 10.1. The molecule has 1 heterocycles. The molecule has 0 saturated heterocycles. The van der Waals surface area contributed by atoms with Gasteiger partial charge < -0.3 is 11.5 Å². The van der Waals surface area contributed by atoms with Gasteiger partial charge in [-0.3, -0.25) is 4.79 Å². The van der Waals surface area contributed by atoms with E-state index in [1.54, 1.807) is 10.7 Å². The summed E-state index contributed by atoms with van der Waals surface area (Å²) in [5.41, 5.74) is 13.8. The Labute approximate surface area is 109 Å². The van der Waals surface area contributed by atoms with Crippen LogP contribution in [0.2, 0.25) is 5.02 Å². The average molecular weight is 265 g/mol. The number of aromatic nitrogens is 2. The second kappa shape index (κ2) is 4.34. The predicted octanol–water partition coefficient (Wildman–Crippen LogP) is 1.82. The van der Waals surface area contributed by atoms with E-state index in [1.165, 1.54) is 6.07 Å². The molecule has 5 nitrogen and oxygen atoms in total. The number of halogens is 1. The van der Waals surface area contributed by atoms with Crippen LogP contribution in [0.4, 0.5) is 5.69 Å². The van der Waals surface area contributed by atoms with Gasteiger partial charge in [0.1, 0.15) is 0 Å². The Hall–Kier alpha value is -2.01. The minimum absolute atomic E-state index is 0.256. The van der Waals surface area contributed by atoms with Gasteiger partial charge in [0.25, 0.3) is 5.91 Å². The van der Waals surface area contributed by atoms with E-state index >= 15 is 0 Å². The fourth-order valence-electron chi connectivity index (χ4n) is 1.88. The first kappa shape index (κ1) is 12.4. The summed E-state index contributed by atoms with van der Waals surface area (Å²) in [7, 11) is 0. The summed E-state index contributed by atoms with van der Waals surface area (Å²) in [6, 6.07) is 4.96. The maximum absolute atomic E-state index is 11.5. The molecule has 2 aromatic rings. The lowest BCUT2D eigenvalue weighted by molar-refractivity contribution is 0.1000. The zero-order chi connectivity index (χ0) is 13.4. The van der Waals surface area contributed by atoms with Crippen LogP contribution >= 0.6 is 11.6 Å². The van der Waals surface area contributed by atoms with Crippen LogP contribution < -0.4 is 11.5 Å². The lowest BCUT2D eigenvalue weighted by Crippen LogP contribution is -2.16. The van der Waals surface area contributed by atoms with E-state index in [1.807, 2.05) is 19.9 Å². The highest BCUT2D eigenvalue weighted by Crippen LogP contribution is 2.28. The topological polar surface area (TPSA) is 86.9 Å². The molecule has 18 heavy (non-hydrogen) atoms. The van der Waals surface area contributed by atoms with Crippen molar-refractivity contribution < 1.29 is 4.79 Å². The zero-order valence-corrected chi connectivity index (χ0v) is 10.8. The molecular formula is C12H13ClN4O. The molecule has 0 aliphatic rings. The van der Waals surface area contributed by atoms with Gasteiger partial charge in [-0.15, -0.1) is 0 Å². The van der Waals surface area contributed by atoms with Crippen LogP contribution in [0.15, 0.2) is 18.2 Å². The second-order valence-corrected chi connectivity index (χ2v) is 4.51. The quantitative estimate of drug-likeness (QED) is 0.811. The highest BCUT2D eigenvalue weighted by atomic mass is 35.5. The number of carbonyl (C=O) groups is 1. The van der Waals surface area contributed by atoms with Crippen LogP contribution in [0.1, 0.15) is 21.7 Å². The van der Waals surface area contributed by atoms with Crippen LogP contribution in [-0.4, -0.2) is 15.7 Å². The van der Waals surface area contributed by atoms with Gasteiger partial charge in [0.15, 0.2) is 0 Å². The Bertz CT molecular complexity index is 633. The van der Waals surface area contributed by atoms with Crippen molar-refractivity contribution in [3.8, 4) is 5.69 Å². The van der Waals surface area contributed by atoms with Crippen LogP contribution in [0.5, 0.6) is 0 Å². The van der Waals surface area contributed by atoms with E-state index in [9.17, 15) is 4.79 Å². The van der Waals surface area contributed by atoms with Gasteiger partial charge in [-0.05, 0) is 32.0 Å². The van der Waals surface area contributed by atoms with Crippen molar-refractivity contribution in [2.75, 3.05) is 5.73 Å². The molecule has 0 radical (unpaired) electrons. The van der Waals surface area contributed by atoms with E-state index in [0.29, 0.717) is 16.4 Å². The van der Waals surface area contributed by atoms with E-state index in [4.69, 9.17) is 23.1 Å². The Kier molecular flexibility index (Phi) is 3.00. The first-order valence-electron chi connectivity index (χ1n) is 5.32. The van der Waals surface area contributed by atoms with Gasteiger partial charge >= 0.3 is 0 Å². The number of nitrogens with zero attached hydrogens (tertiary/aromatic N) is 2. The number of carbonyl (C=O) groups excluding carboxylic acids is 1. The van der Waals surface area contributed by atoms with Crippen molar-refractivity contribution in [2.24, 2.45) is 5.73 Å². The molecule has 1 amide bonds.